The zero-order chi connectivity index (χ0) is 42.9. The van der Waals surface area contributed by atoms with Gasteiger partial charge in [0.05, 0.1) is 0 Å². The monoisotopic (exact) mass is 827 g/mol. The van der Waals surface area contributed by atoms with Gasteiger partial charge in [-0.1, -0.05) is 205 Å². The molecule has 7 aromatic rings. The summed E-state index contributed by atoms with van der Waals surface area (Å²) in [4.78, 5) is 0. The van der Waals surface area contributed by atoms with Gasteiger partial charge >= 0.3 is 0 Å². The van der Waals surface area contributed by atoms with Crippen LogP contribution in [0.1, 0.15) is 204 Å². The van der Waals surface area contributed by atoms with Crippen molar-refractivity contribution < 1.29 is 0 Å². The van der Waals surface area contributed by atoms with Crippen molar-refractivity contribution in [1.29, 1.82) is 0 Å². The Morgan fingerprint density at radius 2 is 0.419 bits per heavy atom. The van der Waals surface area contributed by atoms with Crippen molar-refractivity contribution >= 4 is 64.6 Å². The van der Waals surface area contributed by atoms with E-state index in [2.05, 4.69) is 113 Å². The van der Waals surface area contributed by atoms with E-state index < -0.39 is 0 Å². The minimum absolute atomic E-state index is 1.16. The molecule has 0 heteroatoms. The van der Waals surface area contributed by atoms with Gasteiger partial charge in [-0.25, -0.2) is 0 Å². The number of unbranched alkanes of at least 4 members (excludes halogenated alkanes) is 20. The SMILES string of the molecule is CCCCCCCCc1c2cc3ccccc3cc2c(CCCCCCCC)c2cc3c(CCCCCCCC)c4cc5ccccc5cc4c(CCCCCCCC)c3cc12. The van der Waals surface area contributed by atoms with E-state index in [4.69, 9.17) is 0 Å². The molecule has 0 saturated carbocycles. The standard InChI is InChI=1S/C62H82/c1-5-9-13-17-21-25-37-51-55-41-47-33-29-30-34-48(47)42-56(55)52(38-26-22-18-14-10-6-2)60-46-62-54(40-28-24-20-16-12-8-4)58-44-50-36-32-31-35-49(50)43-57(58)53(61(62)45-59(51)60)39-27-23-19-15-11-7-3/h29-36,41-46H,5-28,37-40H2,1-4H3. The Balaban J connectivity index is 1.48. The third-order valence-corrected chi connectivity index (χ3v) is 14.7. The van der Waals surface area contributed by atoms with Crippen LogP contribution in [0.2, 0.25) is 0 Å². The van der Waals surface area contributed by atoms with E-state index in [1.54, 1.807) is 43.8 Å². The summed E-state index contributed by atoms with van der Waals surface area (Å²) < 4.78 is 0. The van der Waals surface area contributed by atoms with Crippen LogP contribution in [0.3, 0.4) is 0 Å². The molecule has 0 atom stereocenters. The molecule has 7 aromatic carbocycles. The molecule has 0 saturated heterocycles. The Hall–Kier alpha value is -3.90. The van der Waals surface area contributed by atoms with Crippen LogP contribution in [-0.2, 0) is 25.7 Å². The molecule has 0 unspecified atom stereocenters. The predicted octanol–water partition coefficient (Wildman–Crippen LogP) is 20.2. The molecule has 0 N–H and O–H groups in total. The molecule has 7 rings (SSSR count). The highest BCUT2D eigenvalue weighted by Crippen LogP contribution is 2.44. The lowest BCUT2D eigenvalue weighted by atomic mass is 9.81. The van der Waals surface area contributed by atoms with Crippen LogP contribution in [0.15, 0.2) is 84.9 Å². The average molecular weight is 827 g/mol. The van der Waals surface area contributed by atoms with Gasteiger partial charge in [0.2, 0.25) is 0 Å². The van der Waals surface area contributed by atoms with Crippen LogP contribution in [0.4, 0.5) is 0 Å². The van der Waals surface area contributed by atoms with E-state index in [-0.39, 0.29) is 0 Å². The molecular formula is C62H82. The second kappa shape index (κ2) is 24.2. The van der Waals surface area contributed by atoms with Gasteiger partial charge in [-0.15, -0.1) is 0 Å². The number of benzene rings is 7. The molecule has 330 valence electrons. The van der Waals surface area contributed by atoms with Gasteiger partial charge in [0, 0.05) is 0 Å². The van der Waals surface area contributed by atoms with Crippen LogP contribution in [0, 0.1) is 0 Å². The first-order valence-electron chi connectivity index (χ1n) is 26.4. The zero-order valence-corrected chi connectivity index (χ0v) is 39.9. The Bertz CT molecular complexity index is 2140. The Morgan fingerprint density at radius 3 is 0.645 bits per heavy atom. The smallest absolute Gasteiger partial charge is 0.0136 e. The zero-order valence-electron chi connectivity index (χ0n) is 39.9. The summed E-state index contributed by atoms with van der Waals surface area (Å²) in [5, 5.41) is 17.9. The lowest BCUT2D eigenvalue weighted by Crippen LogP contribution is -2.01. The van der Waals surface area contributed by atoms with Gasteiger partial charge in [-0.05, 0) is 175 Å². The first-order valence-corrected chi connectivity index (χ1v) is 26.4. The quantitative estimate of drug-likeness (QED) is 0.0341. The highest BCUT2D eigenvalue weighted by atomic mass is 14.2. The second-order valence-corrected chi connectivity index (χ2v) is 19.4. The topological polar surface area (TPSA) is 0 Å². The van der Waals surface area contributed by atoms with E-state index in [9.17, 15) is 0 Å². The fourth-order valence-electron chi connectivity index (χ4n) is 11.1. The first kappa shape index (κ1) is 46.1. The van der Waals surface area contributed by atoms with E-state index in [0.717, 1.165) is 25.7 Å². The van der Waals surface area contributed by atoms with E-state index >= 15 is 0 Å². The largest absolute Gasteiger partial charge is 0.0654 e. The minimum atomic E-state index is 1.16. The summed E-state index contributed by atoms with van der Waals surface area (Å²) in [5.41, 5.74) is 6.47. The summed E-state index contributed by atoms with van der Waals surface area (Å²) in [7, 11) is 0. The summed E-state index contributed by atoms with van der Waals surface area (Å²) >= 11 is 0. The van der Waals surface area contributed by atoms with Gasteiger partial charge in [0.25, 0.3) is 0 Å². The fraction of sp³-hybridized carbons (Fsp3) is 0.516. The summed E-state index contributed by atoms with van der Waals surface area (Å²) in [6.07, 6.45) is 36.6. The molecule has 0 nitrogen and oxygen atoms in total. The molecule has 0 radical (unpaired) electrons. The van der Waals surface area contributed by atoms with Crippen LogP contribution in [0.5, 0.6) is 0 Å². The lowest BCUT2D eigenvalue weighted by molar-refractivity contribution is 0.608. The molecule has 0 amide bonds. The predicted molar refractivity (Wildman–Crippen MR) is 280 cm³/mol. The highest BCUT2D eigenvalue weighted by molar-refractivity contribution is 6.17. The third kappa shape index (κ3) is 11.4. The lowest BCUT2D eigenvalue weighted by Gasteiger charge is -2.23. The molecule has 0 aliphatic heterocycles. The van der Waals surface area contributed by atoms with Crippen molar-refractivity contribution in [1.82, 2.24) is 0 Å². The maximum Gasteiger partial charge on any atom is -0.0136 e. The van der Waals surface area contributed by atoms with Crippen LogP contribution >= 0.6 is 0 Å². The maximum absolute atomic E-state index is 2.78. The van der Waals surface area contributed by atoms with Crippen LogP contribution in [0.25, 0.3) is 64.6 Å². The minimum Gasteiger partial charge on any atom is -0.0654 e. The molecule has 0 aromatic heterocycles. The van der Waals surface area contributed by atoms with Gasteiger partial charge in [-0.3, -0.25) is 0 Å². The molecule has 0 aliphatic carbocycles. The highest BCUT2D eigenvalue weighted by Gasteiger charge is 2.21. The normalized spacial score (nSPS) is 12.1. The summed E-state index contributed by atoms with van der Waals surface area (Å²) in [6.45, 7) is 9.35. The Labute approximate surface area is 377 Å². The van der Waals surface area contributed by atoms with Crippen molar-refractivity contribution in [3.63, 3.8) is 0 Å². The maximum atomic E-state index is 2.78. The van der Waals surface area contributed by atoms with Crippen molar-refractivity contribution in [2.75, 3.05) is 0 Å². The van der Waals surface area contributed by atoms with E-state index in [1.807, 2.05) is 0 Å². The van der Waals surface area contributed by atoms with Crippen molar-refractivity contribution in [2.45, 2.75) is 207 Å². The second-order valence-electron chi connectivity index (χ2n) is 19.4. The third-order valence-electron chi connectivity index (χ3n) is 14.7. The van der Waals surface area contributed by atoms with Crippen molar-refractivity contribution in [3.05, 3.63) is 107 Å². The van der Waals surface area contributed by atoms with E-state index in [0.29, 0.717) is 0 Å². The van der Waals surface area contributed by atoms with Gasteiger partial charge in [-0.2, -0.15) is 0 Å². The Morgan fingerprint density at radius 1 is 0.226 bits per heavy atom. The van der Waals surface area contributed by atoms with Crippen LogP contribution in [-0.4, -0.2) is 0 Å². The number of aryl methyl sites for hydroxylation is 4. The molecule has 0 fully saturated rings. The molecule has 0 bridgehead atoms. The van der Waals surface area contributed by atoms with Crippen LogP contribution < -0.4 is 0 Å². The van der Waals surface area contributed by atoms with Crippen molar-refractivity contribution in [3.8, 4) is 0 Å². The van der Waals surface area contributed by atoms with Crippen molar-refractivity contribution in [2.24, 2.45) is 0 Å². The number of fused-ring (bicyclic) bond motifs is 6. The molecule has 0 spiro atoms. The molecule has 0 heterocycles. The summed E-state index contributed by atoms with van der Waals surface area (Å²) in [6, 6.07) is 34.3. The molecule has 62 heavy (non-hydrogen) atoms. The Kier molecular flexibility index (Phi) is 18.0. The van der Waals surface area contributed by atoms with Gasteiger partial charge in [0.15, 0.2) is 0 Å². The fourth-order valence-corrected chi connectivity index (χ4v) is 11.1. The number of hydrogen-bond donors (Lipinski definition) is 0. The summed E-state index contributed by atoms with van der Waals surface area (Å²) in [5.74, 6) is 0. The van der Waals surface area contributed by atoms with Gasteiger partial charge < -0.3 is 0 Å². The molecule has 0 aliphatic rings. The van der Waals surface area contributed by atoms with Gasteiger partial charge in [0.1, 0.15) is 0 Å². The number of hydrogen-bond acceptors (Lipinski definition) is 0. The molecular weight excluding hydrogens is 745 g/mol. The first-order chi connectivity index (χ1) is 30.7. The number of rotatable bonds is 28. The van der Waals surface area contributed by atoms with E-state index in [1.165, 1.54) is 197 Å². The average Bonchev–Trinajstić information content (AvgIpc) is 3.30.